The Morgan fingerprint density at radius 3 is 2.67 bits per heavy atom. The standard InChI is InChI=1S/C16H15NO3S/c1-16(2)15(18)13-11(21(16,19)20)8-10-4-3-7-17-14(10)12(13)9-5-6-9/h3-4,7-9H,5-6H2,1-2H3. The predicted octanol–water partition coefficient (Wildman–Crippen LogP) is 2.86. The van der Waals surface area contributed by atoms with Gasteiger partial charge in [-0.25, -0.2) is 8.42 Å². The minimum absolute atomic E-state index is 0.194. The first-order valence-electron chi connectivity index (χ1n) is 7.07. The molecule has 1 aromatic heterocycles. The number of aromatic nitrogens is 1. The summed E-state index contributed by atoms with van der Waals surface area (Å²) in [4.78, 5) is 17.3. The van der Waals surface area contributed by atoms with Gasteiger partial charge in [0.05, 0.1) is 10.4 Å². The van der Waals surface area contributed by atoms with E-state index in [0.29, 0.717) is 5.56 Å². The van der Waals surface area contributed by atoms with Crippen LogP contribution in [0.15, 0.2) is 29.3 Å². The summed E-state index contributed by atoms with van der Waals surface area (Å²) in [5.41, 5.74) is 2.02. The zero-order valence-corrected chi connectivity index (χ0v) is 12.7. The molecule has 0 radical (unpaired) electrons. The molecule has 0 saturated heterocycles. The quantitative estimate of drug-likeness (QED) is 0.812. The average Bonchev–Trinajstić information content (AvgIpc) is 3.26. The average molecular weight is 301 g/mol. The highest BCUT2D eigenvalue weighted by Crippen LogP contribution is 2.50. The number of hydrogen-bond acceptors (Lipinski definition) is 4. The fraction of sp³-hybridized carbons (Fsp3) is 0.375. The van der Waals surface area contributed by atoms with E-state index in [4.69, 9.17) is 0 Å². The van der Waals surface area contributed by atoms with Crippen molar-refractivity contribution in [3.63, 3.8) is 0 Å². The highest BCUT2D eigenvalue weighted by molar-refractivity contribution is 7.94. The third kappa shape index (κ3) is 1.47. The first-order chi connectivity index (χ1) is 9.85. The van der Waals surface area contributed by atoms with Crippen LogP contribution in [0.3, 0.4) is 0 Å². The maximum absolute atomic E-state index is 12.7. The molecule has 21 heavy (non-hydrogen) atoms. The van der Waals surface area contributed by atoms with Crippen molar-refractivity contribution in [2.45, 2.75) is 42.2 Å². The molecule has 0 N–H and O–H groups in total. The molecule has 0 atom stereocenters. The maximum Gasteiger partial charge on any atom is 0.191 e. The third-order valence-electron chi connectivity index (χ3n) is 4.62. The molecular formula is C16H15NO3S. The Hall–Kier alpha value is -1.75. The summed E-state index contributed by atoms with van der Waals surface area (Å²) in [6, 6.07) is 5.27. The number of pyridine rings is 1. The van der Waals surface area contributed by atoms with Crippen molar-refractivity contribution in [2.24, 2.45) is 0 Å². The van der Waals surface area contributed by atoms with Gasteiger partial charge in [-0.05, 0) is 50.3 Å². The first kappa shape index (κ1) is 13.0. The molecule has 5 heteroatoms. The Labute approximate surface area is 123 Å². The molecule has 1 aromatic carbocycles. The summed E-state index contributed by atoms with van der Waals surface area (Å²) in [5.74, 6) is -0.0163. The number of carbonyl (C=O) groups is 1. The second-order valence-corrected chi connectivity index (χ2v) is 8.82. The Kier molecular flexibility index (Phi) is 2.29. The summed E-state index contributed by atoms with van der Waals surface area (Å²) < 4.78 is 24.0. The van der Waals surface area contributed by atoms with Crippen molar-refractivity contribution in [1.82, 2.24) is 4.98 Å². The number of nitrogens with zero attached hydrogens (tertiary/aromatic N) is 1. The monoisotopic (exact) mass is 301 g/mol. The molecule has 1 aliphatic carbocycles. The second-order valence-electron chi connectivity index (χ2n) is 6.36. The van der Waals surface area contributed by atoms with Crippen LogP contribution in [0.25, 0.3) is 10.9 Å². The van der Waals surface area contributed by atoms with E-state index in [1.54, 1.807) is 18.3 Å². The summed E-state index contributed by atoms with van der Waals surface area (Å²) in [7, 11) is -3.63. The number of ketones is 1. The van der Waals surface area contributed by atoms with Crippen LogP contribution in [0.2, 0.25) is 0 Å². The Bertz CT molecular complexity index is 909. The number of sulfone groups is 1. The zero-order valence-electron chi connectivity index (χ0n) is 11.9. The van der Waals surface area contributed by atoms with Crippen LogP contribution in [-0.2, 0) is 9.84 Å². The van der Waals surface area contributed by atoms with Crippen LogP contribution < -0.4 is 0 Å². The van der Waals surface area contributed by atoms with E-state index < -0.39 is 14.6 Å². The fourth-order valence-corrected chi connectivity index (χ4v) is 4.79. The van der Waals surface area contributed by atoms with E-state index in [2.05, 4.69) is 4.98 Å². The van der Waals surface area contributed by atoms with E-state index in [0.717, 1.165) is 29.3 Å². The summed E-state index contributed by atoms with van der Waals surface area (Å²) >= 11 is 0. The second kappa shape index (κ2) is 3.71. The number of carbonyl (C=O) groups excluding carboxylic acids is 1. The lowest BCUT2D eigenvalue weighted by molar-refractivity contribution is 0.0958. The van der Waals surface area contributed by atoms with Gasteiger partial charge in [0, 0.05) is 17.1 Å². The molecule has 0 amide bonds. The highest BCUT2D eigenvalue weighted by Gasteiger charge is 2.53. The van der Waals surface area contributed by atoms with Gasteiger partial charge in [0.2, 0.25) is 0 Å². The van der Waals surface area contributed by atoms with E-state index in [-0.39, 0.29) is 16.6 Å². The number of hydrogen-bond donors (Lipinski definition) is 0. The maximum atomic E-state index is 12.7. The molecule has 0 unspecified atom stereocenters. The molecule has 4 rings (SSSR count). The van der Waals surface area contributed by atoms with Crippen LogP contribution in [0.4, 0.5) is 0 Å². The van der Waals surface area contributed by atoms with Gasteiger partial charge in [-0.15, -0.1) is 0 Å². The van der Waals surface area contributed by atoms with Crippen molar-refractivity contribution in [1.29, 1.82) is 0 Å². The van der Waals surface area contributed by atoms with E-state index in [1.165, 1.54) is 13.8 Å². The van der Waals surface area contributed by atoms with Crippen molar-refractivity contribution in [2.75, 3.05) is 0 Å². The van der Waals surface area contributed by atoms with Crippen LogP contribution in [0, 0.1) is 0 Å². The molecular weight excluding hydrogens is 286 g/mol. The van der Waals surface area contributed by atoms with Crippen LogP contribution in [0.5, 0.6) is 0 Å². The third-order valence-corrected chi connectivity index (χ3v) is 7.05. The molecule has 1 saturated carbocycles. The topological polar surface area (TPSA) is 64.1 Å². The normalized spacial score (nSPS) is 22.5. The van der Waals surface area contributed by atoms with Gasteiger partial charge in [-0.3, -0.25) is 9.78 Å². The van der Waals surface area contributed by atoms with Crippen LogP contribution in [0.1, 0.15) is 48.5 Å². The van der Waals surface area contributed by atoms with Crippen molar-refractivity contribution >= 4 is 26.5 Å². The number of benzene rings is 1. The minimum atomic E-state index is -3.63. The Balaban J connectivity index is 2.22. The van der Waals surface area contributed by atoms with Gasteiger partial charge in [0.15, 0.2) is 15.6 Å². The smallest absolute Gasteiger partial charge is 0.191 e. The minimum Gasteiger partial charge on any atom is -0.292 e. The van der Waals surface area contributed by atoms with Crippen molar-refractivity contribution < 1.29 is 13.2 Å². The fourth-order valence-electron chi connectivity index (χ4n) is 3.14. The number of rotatable bonds is 1. The van der Waals surface area contributed by atoms with E-state index in [9.17, 15) is 13.2 Å². The molecule has 2 aromatic rings. The molecule has 0 bridgehead atoms. The van der Waals surface area contributed by atoms with Gasteiger partial charge in [0.1, 0.15) is 4.75 Å². The molecule has 1 fully saturated rings. The predicted molar refractivity (Wildman–Crippen MR) is 79.3 cm³/mol. The molecule has 108 valence electrons. The van der Waals surface area contributed by atoms with E-state index >= 15 is 0 Å². The lowest BCUT2D eigenvalue weighted by atomic mass is 9.92. The van der Waals surface area contributed by atoms with Crippen molar-refractivity contribution in [3.05, 3.63) is 35.5 Å². The van der Waals surface area contributed by atoms with Gasteiger partial charge >= 0.3 is 0 Å². The first-order valence-corrected chi connectivity index (χ1v) is 8.55. The zero-order chi connectivity index (χ0) is 15.0. The SMILES string of the molecule is CC1(C)C(=O)c2c(cc3cccnc3c2C2CC2)S1(=O)=O. The van der Waals surface area contributed by atoms with Crippen LogP contribution in [-0.4, -0.2) is 23.9 Å². The molecule has 4 nitrogen and oxygen atoms in total. The number of Topliss-reactive ketones (excluding diaryl/α,β-unsaturated/α-hetero) is 1. The summed E-state index contributed by atoms with van der Waals surface area (Å²) in [6.07, 6.45) is 3.69. The molecule has 1 aliphatic heterocycles. The summed E-state index contributed by atoms with van der Waals surface area (Å²) in [6.45, 7) is 3.00. The molecule has 2 heterocycles. The Morgan fingerprint density at radius 2 is 2.00 bits per heavy atom. The largest absolute Gasteiger partial charge is 0.292 e. The number of fused-ring (bicyclic) bond motifs is 2. The van der Waals surface area contributed by atoms with Gasteiger partial charge in [-0.1, -0.05) is 6.07 Å². The highest BCUT2D eigenvalue weighted by atomic mass is 32.2. The van der Waals surface area contributed by atoms with Crippen molar-refractivity contribution in [3.8, 4) is 0 Å². The van der Waals surface area contributed by atoms with Crippen LogP contribution >= 0.6 is 0 Å². The van der Waals surface area contributed by atoms with Gasteiger partial charge in [-0.2, -0.15) is 0 Å². The van der Waals surface area contributed by atoms with Gasteiger partial charge in [0.25, 0.3) is 0 Å². The van der Waals surface area contributed by atoms with Gasteiger partial charge < -0.3 is 0 Å². The molecule has 2 aliphatic rings. The Morgan fingerprint density at radius 1 is 1.29 bits per heavy atom. The van der Waals surface area contributed by atoms with E-state index in [1.807, 2.05) is 6.07 Å². The lowest BCUT2D eigenvalue weighted by Crippen LogP contribution is -2.34. The lowest BCUT2D eigenvalue weighted by Gasteiger charge is -2.13. The molecule has 0 spiro atoms. The summed E-state index contributed by atoms with van der Waals surface area (Å²) in [5, 5.41) is 0.798.